The van der Waals surface area contributed by atoms with Gasteiger partial charge in [0, 0.05) is 5.56 Å². The summed E-state index contributed by atoms with van der Waals surface area (Å²) in [4.78, 5) is 12.1. The van der Waals surface area contributed by atoms with E-state index in [1.807, 2.05) is 19.1 Å². The fourth-order valence-corrected chi connectivity index (χ4v) is 2.08. The molecule has 2 aromatic rings. The van der Waals surface area contributed by atoms with Crippen LogP contribution in [0.25, 0.3) is 0 Å². The quantitative estimate of drug-likeness (QED) is 0.755. The summed E-state index contributed by atoms with van der Waals surface area (Å²) in [6.07, 6.45) is 0. The number of ether oxygens (including phenoxy) is 3. The highest BCUT2D eigenvalue weighted by molar-refractivity contribution is 5.92. The van der Waals surface area contributed by atoms with Gasteiger partial charge >= 0.3 is 12.6 Å². The van der Waals surface area contributed by atoms with E-state index in [0.717, 1.165) is 5.56 Å². The highest BCUT2D eigenvalue weighted by Crippen LogP contribution is 2.24. The molecular weight excluding hydrogens is 306 g/mol. The molecular formula is C17H16F2O4. The minimum absolute atomic E-state index is 0.0350. The lowest BCUT2D eigenvalue weighted by Crippen LogP contribution is -2.11. The van der Waals surface area contributed by atoms with Gasteiger partial charge in [-0.3, -0.25) is 0 Å². The van der Waals surface area contributed by atoms with Crippen LogP contribution in [0, 0.1) is 6.92 Å². The summed E-state index contributed by atoms with van der Waals surface area (Å²) in [6, 6.07) is 11.2. The van der Waals surface area contributed by atoms with Crippen molar-refractivity contribution in [3.05, 3.63) is 59.2 Å². The van der Waals surface area contributed by atoms with Crippen LogP contribution in [0.1, 0.15) is 21.5 Å². The second-order valence-corrected chi connectivity index (χ2v) is 4.77. The number of rotatable bonds is 6. The average molecular weight is 322 g/mol. The van der Waals surface area contributed by atoms with Crippen LogP contribution in [0.2, 0.25) is 0 Å². The summed E-state index contributed by atoms with van der Waals surface area (Å²) in [7, 11) is 1.52. The van der Waals surface area contributed by atoms with E-state index in [0.29, 0.717) is 11.3 Å². The molecule has 0 aliphatic rings. The second kappa shape index (κ2) is 7.58. The number of benzene rings is 2. The third-order valence-electron chi connectivity index (χ3n) is 3.12. The van der Waals surface area contributed by atoms with E-state index in [1.54, 1.807) is 12.1 Å². The zero-order chi connectivity index (χ0) is 16.8. The lowest BCUT2D eigenvalue weighted by molar-refractivity contribution is -0.0504. The van der Waals surface area contributed by atoms with Crippen LogP contribution in [0.5, 0.6) is 11.5 Å². The normalized spacial score (nSPS) is 10.5. The Hall–Kier alpha value is -2.63. The van der Waals surface area contributed by atoms with Gasteiger partial charge in [0.15, 0.2) is 0 Å². The Labute approximate surface area is 132 Å². The first-order valence-corrected chi connectivity index (χ1v) is 6.85. The van der Waals surface area contributed by atoms with Crippen molar-refractivity contribution in [3.8, 4) is 11.5 Å². The van der Waals surface area contributed by atoms with Gasteiger partial charge in [0.1, 0.15) is 23.7 Å². The fourth-order valence-electron chi connectivity index (χ4n) is 2.08. The molecule has 0 aliphatic carbocycles. The second-order valence-electron chi connectivity index (χ2n) is 4.77. The van der Waals surface area contributed by atoms with E-state index < -0.39 is 12.6 Å². The van der Waals surface area contributed by atoms with Gasteiger partial charge in [0.2, 0.25) is 0 Å². The Bertz CT molecular complexity index is 686. The molecule has 0 saturated carbocycles. The lowest BCUT2D eigenvalue weighted by atomic mass is 10.1. The molecule has 2 rings (SSSR count). The highest BCUT2D eigenvalue weighted by atomic mass is 19.3. The van der Waals surface area contributed by atoms with Crippen LogP contribution in [-0.4, -0.2) is 19.7 Å². The van der Waals surface area contributed by atoms with Gasteiger partial charge < -0.3 is 14.2 Å². The van der Waals surface area contributed by atoms with Gasteiger partial charge in [-0.15, -0.1) is 0 Å². The van der Waals surface area contributed by atoms with Crippen LogP contribution < -0.4 is 9.47 Å². The zero-order valence-electron chi connectivity index (χ0n) is 12.7. The molecule has 0 unspecified atom stereocenters. The number of alkyl halides is 2. The molecule has 0 heterocycles. The number of aryl methyl sites for hydroxylation is 1. The molecule has 4 nitrogen and oxygen atoms in total. The molecule has 2 aromatic carbocycles. The van der Waals surface area contributed by atoms with Crippen LogP contribution in [0.15, 0.2) is 42.5 Å². The van der Waals surface area contributed by atoms with Crippen molar-refractivity contribution >= 4 is 5.97 Å². The molecule has 0 aliphatic heterocycles. The summed E-state index contributed by atoms with van der Waals surface area (Å²) >= 11 is 0. The Morgan fingerprint density at radius 3 is 2.57 bits per heavy atom. The minimum Gasteiger partial charge on any atom is -0.496 e. The molecule has 0 N–H and O–H groups in total. The smallest absolute Gasteiger partial charge is 0.387 e. The molecule has 122 valence electrons. The number of para-hydroxylation sites is 1. The maximum absolute atomic E-state index is 12.4. The number of carbonyl (C=O) groups excluding carboxylic acids is 1. The van der Waals surface area contributed by atoms with Gasteiger partial charge in [0.25, 0.3) is 0 Å². The van der Waals surface area contributed by atoms with E-state index >= 15 is 0 Å². The first-order valence-electron chi connectivity index (χ1n) is 6.85. The first-order chi connectivity index (χ1) is 11.0. The number of esters is 1. The minimum atomic E-state index is -3.01. The molecule has 0 bridgehead atoms. The predicted molar refractivity (Wildman–Crippen MR) is 79.9 cm³/mol. The topological polar surface area (TPSA) is 44.8 Å². The fraction of sp³-hybridized carbons (Fsp3) is 0.235. The third-order valence-corrected chi connectivity index (χ3v) is 3.12. The van der Waals surface area contributed by atoms with Crippen molar-refractivity contribution in [2.24, 2.45) is 0 Å². The zero-order valence-corrected chi connectivity index (χ0v) is 12.7. The van der Waals surface area contributed by atoms with Gasteiger partial charge in [-0.1, -0.05) is 23.8 Å². The van der Waals surface area contributed by atoms with Crippen molar-refractivity contribution in [1.82, 2.24) is 0 Å². The summed E-state index contributed by atoms with van der Waals surface area (Å²) in [6.45, 7) is -1.15. The maximum Gasteiger partial charge on any atom is 0.387 e. The molecule has 0 aromatic heterocycles. The van der Waals surface area contributed by atoms with E-state index in [4.69, 9.17) is 9.47 Å². The molecule has 0 atom stereocenters. The SMILES string of the molecule is COc1ccc(C)cc1COC(=O)c1ccccc1OC(F)F. The van der Waals surface area contributed by atoms with E-state index in [9.17, 15) is 13.6 Å². The largest absolute Gasteiger partial charge is 0.496 e. The van der Waals surface area contributed by atoms with E-state index in [1.165, 1.54) is 25.3 Å². The van der Waals surface area contributed by atoms with Gasteiger partial charge in [-0.2, -0.15) is 8.78 Å². The summed E-state index contributed by atoms with van der Waals surface area (Å²) in [5.41, 5.74) is 1.62. The van der Waals surface area contributed by atoms with Crippen LogP contribution in [-0.2, 0) is 11.3 Å². The molecule has 23 heavy (non-hydrogen) atoms. The van der Waals surface area contributed by atoms with Crippen molar-refractivity contribution in [2.75, 3.05) is 7.11 Å². The predicted octanol–water partition coefficient (Wildman–Crippen LogP) is 3.96. The van der Waals surface area contributed by atoms with Crippen molar-refractivity contribution in [1.29, 1.82) is 0 Å². The van der Waals surface area contributed by atoms with Crippen molar-refractivity contribution in [2.45, 2.75) is 20.1 Å². The van der Waals surface area contributed by atoms with Crippen LogP contribution in [0.3, 0.4) is 0 Å². The summed E-state index contributed by atoms with van der Waals surface area (Å²) < 4.78 is 39.4. The summed E-state index contributed by atoms with van der Waals surface area (Å²) in [5, 5.41) is 0. The standard InChI is InChI=1S/C17H16F2O4/c1-11-7-8-14(21-2)12(9-11)10-22-16(20)13-5-3-4-6-15(13)23-17(18)19/h3-9,17H,10H2,1-2H3. The maximum atomic E-state index is 12.4. The molecule has 0 saturated heterocycles. The average Bonchev–Trinajstić information content (AvgIpc) is 2.52. The van der Waals surface area contributed by atoms with E-state index in [2.05, 4.69) is 4.74 Å². The number of methoxy groups -OCH3 is 1. The Kier molecular flexibility index (Phi) is 5.51. The monoisotopic (exact) mass is 322 g/mol. The van der Waals surface area contributed by atoms with Crippen LogP contribution >= 0.6 is 0 Å². The molecule has 0 amide bonds. The molecule has 6 heteroatoms. The van der Waals surface area contributed by atoms with Gasteiger partial charge in [-0.05, 0) is 31.2 Å². The third kappa shape index (κ3) is 4.42. The molecule has 0 spiro atoms. The number of halogens is 2. The van der Waals surface area contributed by atoms with Gasteiger partial charge in [0.05, 0.1) is 7.11 Å². The number of carbonyl (C=O) groups is 1. The lowest BCUT2D eigenvalue weighted by Gasteiger charge is -2.12. The van der Waals surface area contributed by atoms with E-state index in [-0.39, 0.29) is 17.9 Å². The van der Waals surface area contributed by atoms with Crippen molar-refractivity contribution < 1.29 is 27.8 Å². The Morgan fingerprint density at radius 2 is 1.87 bits per heavy atom. The Balaban J connectivity index is 2.13. The molecule has 0 radical (unpaired) electrons. The highest BCUT2D eigenvalue weighted by Gasteiger charge is 2.17. The summed E-state index contributed by atoms with van der Waals surface area (Å²) in [5.74, 6) is -0.381. The van der Waals surface area contributed by atoms with Crippen molar-refractivity contribution in [3.63, 3.8) is 0 Å². The van der Waals surface area contributed by atoms with Crippen LogP contribution in [0.4, 0.5) is 8.78 Å². The molecule has 0 fully saturated rings. The first kappa shape index (κ1) is 16.7. The number of hydrogen-bond donors (Lipinski definition) is 0. The number of hydrogen-bond acceptors (Lipinski definition) is 4. The van der Waals surface area contributed by atoms with Gasteiger partial charge in [-0.25, -0.2) is 4.79 Å². The Morgan fingerprint density at radius 1 is 1.13 bits per heavy atom.